The molecule has 0 atom stereocenters. The molecule has 0 spiro atoms. The van der Waals surface area contributed by atoms with E-state index in [1.165, 1.54) is 25.3 Å². The van der Waals surface area contributed by atoms with Crippen molar-refractivity contribution in [3.05, 3.63) is 55.8 Å². The Balaban J connectivity index is 2.03. The highest BCUT2D eigenvalue weighted by Crippen LogP contribution is 2.57. The van der Waals surface area contributed by atoms with Crippen molar-refractivity contribution < 1.29 is 30.3 Å². The Labute approximate surface area is 217 Å². The molecule has 0 aliphatic heterocycles. The van der Waals surface area contributed by atoms with Gasteiger partial charge in [0, 0.05) is 55.2 Å². The van der Waals surface area contributed by atoms with Gasteiger partial charge in [0.1, 0.15) is 34.5 Å². The third kappa shape index (κ3) is 2.13. The predicted octanol–water partition coefficient (Wildman–Crippen LogP) is 5.38. The molecule has 8 rings (SSSR count). The number of methoxy groups -OCH3 is 1. The maximum atomic E-state index is 14.0. The second kappa shape index (κ2) is 6.42. The van der Waals surface area contributed by atoms with E-state index in [1.54, 1.807) is 13.8 Å². The third-order valence-electron chi connectivity index (χ3n) is 8.44. The summed E-state index contributed by atoms with van der Waals surface area (Å²) < 4.78 is 5.61. The summed E-state index contributed by atoms with van der Waals surface area (Å²) in [7, 11) is 1.38. The number of ether oxygens (including phenoxy) is 1. The Kier molecular flexibility index (Phi) is 3.59. The Morgan fingerprint density at radius 2 is 0.769 bits per heavy atom. The van der Waals surface area contributed by atoms with Crippen LogP contribution >= 0.6 is 0 Å². The summed E-state index contributed by atoms with van der Waals surface area (Å²) in [5, 5.41) is 59.2. The van der Waals surface area contributed by atoms with E-state index in [-0.39, 0.29) is 71.8 Å². The first-order chi connectivity index (χ1) is 18.6. The van der Waals surface area contributed by atoms with Crippen molar-refractivity contribution in [3.63, 3.8) is 0 Å². The number of rotatable bonds is 1. The number of fused-ring (bicyclic) bond motifs is 2. The summed E-state index contributed by atoms with van der Waals surface area (Å²) in [6, 6.07) is 5.27. The quantitative estimate of drug-likeness (QED) is 0.144. The fourth-order valence-corrected chi connectivity index (χ4v) is 7.13. The minimum Gasteiger partial charge on any atom is -0.507 e. The first-order valence-electron chi connectivity index (χ1n) is 12.2. The van der Waals surface area contributed by atoms with Crippen molar-refractivity contribution in [1.29, 1.82) is 0 Å². The summed E-state index contributed by atoms with van der Waals surface area (Å²) in [5.41, 5.74) is 0.0590. The second-order valence-electron chi connectivity index (χ2n) is 10.3. The van der Waals surface area contributed by atoms with Crippen LogP contribution in [0.2, 0.25) is 0 Å². The highest BCUT2D eigenvalue weighted by molar-refractivity contribution is 6.50. The molecule has 0 saturated carbocycles. The molecule has 0 heterocycles. The van der Waals surface area contributed by atoms with Crippen molar-refractivity contribution >= 4 is 75.4 Å². The summed E-state index contributed by atoms with van der Waals surface area (Å²) >= 11 is 0. The minimum absolute atomic E-state index is 0.00275. The van der Waals surface area contributed by atoms with E-state index in [9.17, 15) is 35.1 Å². The lowest BCUT2D eigenvalue weighted by Crippen LogP contribution is -2.11. The highest BCUT2D eigenvalue weighted by atomic mass is 16.5. The lowest BCUT2D eigenvalue weighted by Gasteiger charge is -2.25. The molecule has 190 valence electrons. The van der Waals surface area contributed by atoms with Gasteiger partial charge in [0.25, 0.3) is 0 Å². The smallest absolute Gasteiger partial charge is 0.201 e. The van der Waals surface area contributed by atoms with Crippen LogP contribution in [0, 0.1) is 13.8 Å². The number of hydrogen-bond acceptors (Lipinski definition) is 8. The van der Waals surface area contributed by atoms with Crippen LogP contribution in [-0.2, 0) is 0 Å². The second-order valence-corrected chi connectivity index (χ2v) is 10.3. The molecule has 39 heavy (non-hydrogen) atoms. The lowest BCUT2D eigenvalue weighted by molar-refractivity contribution is 0.413. The van der Waals surface area contributed by atoms with Crippen LogP contribution in [-0.4, -0.2) is 32.6 Å². The fourth-order valence-electron chi connectivity index (χ4n) is 7.13. The van der Waals surface area contributed by atoms with Crippen molar-refractivity contribution in [1.82, 2.24) is 0 Å². The molecule has 0 aliphatic carbocycles. The van der Waals surface area contributed by atoms with E-state index >= 15 is 0 Å². The number of aryl methyl sites for hydroxylation is 2. The van der Waals surface area contributed by atoms with Crippen LogP contribution in [0.4, 0.5) is 0 Å². The molecule has 0 radical (unpaired) electrons. The Morgan fingerprint density at radius 3 is 1.23 bits per heavy atom. The molecule has 0 fully saturated rings. The number of aromatic hydroxyl groups is 5. The van der Waals surface area contributed by atoms with Gasteiger partial charge in [0.15, 0.2) is 0 Å². The van der Waals surface area contributed by atoms with E-state index in [2.05, 4.69) is 0 Å². The van der Waals surface area contributed by atoms with E-state index in [1.807, 2.05) is 0 Å². The molecule has 8 aromatic rings. The predicted molar refractivity (Wildman–Crippen MR) is 151 cm³/mol. The van der Waals surface area contributed by atoms with E-state index in [0.717, 1.165) is 6.07 Å². The molecule has 8 aromatic carbocycles. The molecular weight excluding hydrogens is 500 g/mol. The van der Waals surface area contributed by atoms with Gasteiger partial charge in [-0.1, -0.05) is 0 Å². The van der Waals surface area contributed by atoms with Crippen molar-refractivity contribution in [2.24, 2.45) is 0 Å². The molecule has 8 heteroatoms. The molecule has 0 amide bonds. The van der Waals surface area contributed by atoms with E-state index < -0.39 is 16.6 Å². The SMILES string of the molecule is COc1cc(O)c2c(=O)c3c(O)cc(C)c4c5c(C)cc(O)c6c(=O)c7c(O)cc(O)c8c1c2c(c34)c(c65)c78. The van der Waals surface area contributed by atoms with Gasteiger partial charge in [0.2, 0.25) is 10.9 Å². The molecule has 0 aliphatic rings. The Hall–Kier alpha value is -5.24. The van der Waals surface area contributed by atoms with Gasteiger partial charge in [-0.2, -0.15) is 0 Å². The number of benzene rings is 8. The average molecular weight is 518 g/mol. The summed E-state index contributed by atoms with van der Waals surface area (Å²) in [5.74, 6) is -1.58. The average Bonchev–Trinajstić information content (AvgIpc) is 2.86. The molecule has 0 saturated heterocycles. The number of phenols is 5. The topological polar surface area (TPSA) is 145 Å². The van der Waals surface area contributed by atoms with Crippen LogP contribution in [0.3, 0.4) is 0 Å². The first kappa shape index (κ1) is 21.8. The number of hydrogen-bond donors (Lipinski definition) is 5. The van der Waals surface area contributed by atoms with Crippen molar-refractivity contribution in [3.8, 4) is 34.5 Å². The van der Waals surface area contributed by atoms with Gasteiger partial charge >= 0.3 is 0 Å². The summed E-state index contributed by atoms with van der Waals surface area (Å²) in [6.45, 7) is 3.57. The van der Waals surface area contributed by atoms with Gasteiger partial charge in [-0.3, -0.25) is 9.59 Å². The van der Waals surface area contributed by atoms with E-state index in [4.69, 9.17) is 4.74 Å². The zero-order chi connectivity index (χ0) is 27.4. The standard InChI is InChI=1S/C31H18O8/c1-8-4-10(32)19-24-16(8)17-9(2)5-11(33)20-25(17)29-27-22(31(20)38)14(36)7-15(39-3)23(27)18-12(34)6-13(35)21(30(19)37)26(18)28(24)29/h4-7,32-36H,1-3H3. The molecular formula is C31H18O8. The van der Waals surface area contributed by atoms with Gasteiger partial charge in [-0.15, -0.1) is 0 Å². The van der Waals surface area contributed by atoms with Crippen molar-refractivity contribution in [2.45, 2.75) is 13.8 Å². The molecule has 0 bridgehead atoms. The van der Waals surface area contributed by atoms with Crippen LogP contribution in [0.25, 0.3) is 75.4 Å². The molecule has 0 aromatic heterocycles. The highest BCUT2D eigenvalue weighted by Gasteiger charge is 2.33. The third-order valence-corrected chi connectivity index (χ3v) is 8.44. The molecule has 0 unspecified atom stereocenters. The maximum absolute atomic E-state index is 14.0. The summed E-state index contributed by atoms with van der Waals surface area (Å²) in [6.07, 6.45) is 0. The van der Waals surface area contributed by atoms with Gasteiger partial charge in [0.05, 0.1) is 28.7 Å². The fraction of sp³-hybridized carbons (Fsp3) is 0.0968. The van der Waals surface area contributed by atoms with Crippen LogP contribution < -0.4 is 15.6 Å². The van der Waals surface area contributed by atoms with Gasteiger partial charge in [-0.25, -0.2) is 0 Å². The van der Waals surface area contributed by atoms with Crippen LogP contribution in [0.5, 0.6) is 34.5 Å². The van der Waals surface area contributed by atoms with Crippen LogP contribution in [0.15, 0.2) is 33.9 Å². The lowest BCUT2D eigenvalue weighted by atomic mass is 9.78. The largest absolute Gasteiger partial charge is 0.507 e. The normalized spacial score (nSPS) is 12.7. The van der Waals surface area contributed by atoms with Crippen LogP contribution in [0.1, 0.15) is 11.1 Å². The zero-order valence-corrected chi connectivity index (χ0v) is 20.8. The maximum Gasteiger partial charge on any atom is 0.201 e. The van der Waals surface area contributed by atoms with E-state index in [0.29, 0.717) is 43.4 Å². The van der Waals surface area contributed by atoms with Crippen molar-refractivity contribution in [2.75, 3.05) is 7.11 Å². The van der Waals surface area contributed by atoms with Gasteiger partial charge < -0.3 is 30.3 Å². The van der Waals surface area contributed by atoms with Gasteiger partial charge in [-0.05, 0) is 47.9 Å². The zero-order valence-electron chi connectivity index (χ0n) is 20.8. The first-order valence-corrected chi connectivity index (χ1v) is 12.2. The summed E-state index contributed by atoms with van der Waals surface area (Å²) in [4.78, 5) is 28.0. The minimum atomic E-state index is -0.616. The monoisotopic (exact) mass is 518 g/mol. The molecule has 8 nitrogen and oxygen atoms in total. The number of phenolic OH excluding ortho intramolecular Hbond substituents is 5. The Morgan fingerprint density at radius 1 is 0.436 bits per heavy atom. The Bertz CT molecular complexity index is 2530. The molecule has 5 N–H and O–H groups in total.